The maximum Gasteiger partial charge on any atom is 0.242 e. The smallest absolute Gasteiger partial charge is 0.242 e. The third-order valence-electron chi connectivity index (χ3n) is 4.78. The third-order valence-corrected chi connectivity index (χ3v) is 5.77. The second kappa shape index (κ2) is 11.7. The number of nitrogens with one attached hydrogen (secondary N) is 1. The third kappa shape index (κ3) is 7.17. The molecule has 2 amide bonds. The largest absolute Gasteiger partial charge is 0.355 e. The highest BCUT2D eigenvalue weighted by Gasteiger charge is 2.28. The molecule has 0 bridgehead atoms. The quantitative estimate of drug-likeness (QED) is 0.598. The van der Waals surface area contributed by atoms with Gasteiger partial charge in [-0.05, 0) is 50.5 Å². The van der Waals surface area contributed by atoms with Gasteiger partial charge in [0.1, 0.15) is 11.9 Å². The molecule has 0 aliphatic heterocycles. The topological polar surface area (TPSA) is 49.4 Å². The summed E-state index contributed by atoms with van der Waals surface area (Å²) in [5.74, 6) is 0.443. The van der Waals surface area contributed by atoms with Crippen LogP contribution in [0.3, 0.4) is 0 Å². The number of carbonyl (C=O) groups is 2. The molecule has 162 valence electrons. The van der Waals surface area contributed by atoms with Crippen molar-refractivity contribution in [3.63, 3.8) is 0 Å². The van der Waals surface area contributed by atoms with E-state index >= 15 is 0 Å². The second-order valence-corrected chi connectivity index (χ2v) is 8.44. The number of hydrogen-bond acceptors (Lipinski definition) is 3. The number of carbonyl (C=O) groups excluding carboxylic acids is 2. The monoisotopic (exact) mass is 430 g/mol. The van der Waals surface area contributed by atoms with Gasteiger partial charge in [0.05, 0.1) is 5.75 Å². The molecule has 1 N–H and O–H groups in total. The average Bonchev–Trinajstić information content (AvgIpc) is 2.68. The van der Waals surface area contributed by atoms with E-state index in [9.17, 15) is 14.0 Å². The van der Waals surface area contributed by atoms with E-state index in [1.807, 2.05) is 13.8 Å². The summed E-state index contributed by atoms with van der Waals surface area (Å²) in [4.78, 5) is 27.3. The SMILES string of the molecule is CCNC(=O)[C@H](CC)N(Cc1ccc(F)cc1)C(=O)CSCc1cc(C)cc(C)c1. The lowest BCUT2D eigenvalue weighted by molar-refractivity contribution is -0.139. The van der Waals surface area contributed by atoms with Crippen molar-refractivity contribution < 1.29 is 14.0 Å². The Balaban J connectivity index is 2.11. The average molecular weight is 431 g/mol. The van der Waals surface area contributed by atoms with E-state index in [4.69, 9.17) is 0 Å². The van der Waals surface area contributed by atoms with Crippen molar-refractivity contribution >= 4 is 23.6 Å². The highest BCUT2D eigenvalue weighted by atomic mass is 32.2. The number of hydrogen-bond donors (Lipinski definition) is 1. The van der Waals surface area contributed by atoms with Gasteiger partial charge in [-0.1, -0.05) is 48.4 Å². The van der Waals surface area contributed by atoms with Gasteiger partial charge >= 0.3 is 0 Å². The van der Waals surface area contributed by atoms with Crippen LogP contribution in [-0.2, 0) is 21.9 Å². The highest BCUT2D eigenvalue weighted by Crippen LogP contribution is 2.19. The molecule has 1 atom stereocenters. The normalized spacial score (nSPS) is 11.8. The Morgan fingerprint density at radius 3 is 2.23 bits per heavy atom. The van der Waals surface area contributed by atoms with E-state index in [0.717, 1.165) is 11.3 Å². The van der Waals surface area contributed by atoms with Crippen molar-refractivity contribution in [2.45, 2.75) is 52.5 Å². The van der Waals surface area contributed by atoms with E-state index in [2.05, 4.69) is 37.4 Å². The number of nitrogens with zero attached hydrogens (tertiary/aromatic N) is 1. The Hall–Kier alpha value is -2.34. The van der Waals surface area contributed by atoms with Crippen LogP contribution in [-0.4, -0.2) is 35.1 Å². The summed E-state index contributed by atoms with van der Waals surface area (Å²) in [5.41, 5.74) is 4.40. The molecular formula is C24H31FN2O2S. The summed E-state index contributed by atoms with van der Waals surface area (Å²) in [6.45, 7) is 8.67. The number of rotatable bonds is 10. The molecule has 2 aromatic carbocycles. The Morgan fingerprint density at radius 2 is 1.67 bits per heavy atom. The zero-order valence-electron chi connectivity index (χ0n) is 18.2. The van der Waals surface area contributed by atoms with Crippen molar-refractivity contribution in [1.82, 2.24) is 10.2 Å². The van der Waals surface area contributed by atoms with Crippen LogP contribution in [0.1, 0.15) is 42.5 Å². The van der Waals surface area contributed by atoms with Crippen LogP contribution in [0.4, 0.5) is 4.39 Å². The first kappa shape index (κ1) is 23.9. The van der Waals surface area contributed by atoms with Crippen LogP contribution in [0.2, 0.25) is 0 Å². The molecule has 0 aliphatic carbocycles. The van der Waals surface area contributed by atoms with Crippen LogP contribution in [0.25, 0.3) is 0 Å². The highest BCUT2D eigenvalue weighted by molar-refractivity contribution is 7.99. The van der Waals surface area contributed by atoms with Crippen LogP contribution >= 0.6 is 11.8 Å². The molecule has 0 radical (unpaired) electrons. The Kier molecular flexibility index (Phi) is 9.37. The fourth-order valence-corrected chi connectivity index (χ4v) is 4.33. The summed E-state index contributed by atoms with van der Waals surface area (Å²) in [6.07, 6.45) is 0.514. The van der Waals surface area contributed by atoms with Gasteiger partial charge in [0, 0.05) is 18.8 Å². The van der Waals surface area contributed by atoms with Gasteiger partial charge in [-0.25, -0.2) is 4.39 Å². The Morgan fingerprint density at radius 1 is 1.03 bits per heavy atom. The number of likely N-dealkylation sites (N-methyl/N-ethyl adjacent to an activating group) is 1. The Bertz CT molecular complexity index is 835. The van der Waals surface area contributed by atoms with Gasteiger partial charge < -0.3 is 10.2 Å². The maximum absolute atomic E-state index is 13.3. The van der Waals surface area contributed by atoms with Gasteiger partial charge in [-0.15, -0.1) is 11.8 Å². The molecule has 0 spiro atoms. The summed E-state index contributed by atoms with van der Waals surface area (Å²) in [7, 11) is 0. The van der Waals surface area contributed by atoms with Crippen LogP contribution < -0.4 is 5.32 Å². The molecule has 4 nitrogen and oxygen atoms in total. The maximum atomic E-state index is 13.3. The van der Waals surface area contributed by atoms with Crippen molar-refractivity contribution in [3.8, 4) is 0 Å². The van der Waals surface area contributed by atoms with E-state index in [1.54, 1.807) is 28.8 Å². The van der Waals surface area contributed by atoms with E-state index in [-0.39, 0.29) is 29.9 Å². The molecule has 0 heterocycles. The van der Waals surface area contributed by atoms with Crippen LogP contribution in [0.5, 0.6) is 0 Å². The summed E-state index contributed by atoms with van der Waals surface area (Å²) < 4.78 is 13.3. The molecule has 0 fully saturated rings. The number of aryl methyl sites for hydroxylation is 2. The fourth-order valence-electron chi connectivity index (χ4n) is 3.49. The molecule has 2 rings (SSSR count). The first-order valence-electron chi connectivity index (χ1n) is 10.3. The zero-order valence-corrected chi connectivity index (χ0v) is 19.0. The first-order chi connectivity index (χ1) is 14.3. The molecular weight excluding hydrogens is 399 g/mol. The summed E-state index contributed by atoms with van der Waals surface area (Å²) >= 11 is 1.54. The fraction of sp³-hybridized carbons (Fsp3) is 0.417. The lowest BCUT2D eigenvalue weighted by atomic mass is 10.1. The molecule has 0 aliphatic rings. The number of amides is 2. The van der Waals surface area contributed by atoms with Crippen LogP contribution in [0, 0.1) is 19.7 Å². The van der Waals surface area contributed by atoms with E-state index < -0.39 is 6.04 Å². The summed E-state index contributed by atoms with van der Waals surface area (Å²) in [6, 6.07) is 11.9. The van der Waals surface area contributed by atoms with Crippen molar-refractivity contribution in [2.24, 2.45) is 0 Å². The Labute approximate surface area is 183 Å². The van der Waals surface area contributed by atoms with E-state index in [1.165, 1.54) is 28.8 Å². The summed E-state index contributed by atoms with van der Waals surface area (Å²) in [5, 5.41) is 2.82. The number of benzene rings is 2. The second-order valence-electron chi connectivity index (χ2n) is 7.46. The van der Waals surface area contributed by atoms with Crippen molar-refractivity contribution in [1.29, 1.82) is 0 Å². The zero-order chi connectivity index (χ0) is 22.1. The number of halogens is 1. The molecule has 6 heteroatoms. The van der Waals surface area contributed by atoms with Gasteiger partial charge in [0.2, 0.25) is 11.8 Å². The first-order valence-corrected chi connectivity index (χ1v) is 11.5. The van der Waals surface area contributed by atoms with Crippen LogP contribution in [0.15, 0.2) is 42.5 Å². The van der Waals surface area contributed by atoms with Crippen molar-refractivity contribution in [2.75, 3.05) is 12.3 Å². The van der Waals surface area contributed by atoms with Gasteiger partial charge in [0.15, 0.2) is 0 Å². The van der Waals surface area contributed by atoms with Gasteiger partial charge in [0.25, 0.3) is 0 Å². The molecule has 0 aromatic heterocycles. The molecule has 0 saturated heterocycles. The predicted octanol–water partition coefficient (Wildman–Crippen LogP) is 4.62. The molecule has 0 unspecified atom stereocenters. The molecule has 0 saturated carbocycles. The lowest BCUT2D eigenvalue weighted by Gasteiger charge is -2.30. The minimum Gasteiger partial charge on any atom is -0.355 e. The van der Waals surface area contributed by atoms with Gasteiger partial charge in [-0.2, -0.15) is 0 Å². The molecule has 30 heavy (non-hydrogen) atoms. The standard InChI is InChI=1S/C24H31FN2O2S/c1-5-22(24(29)26-6-2)27(14-19-7-9-21(25)10-8-19)23(28)16-30-15-20-12-17(3)11-18(4)13-20/h7-13,22H,5-6,14-16H2,1-4H3,(H,26,29)/t22-/m0/s1. The molecule has 2 aromatic rings. The van der Waals surface area contributed by atoms with Crippen molar-refractivity contribution in [3.05, 3.63) is 70.5 Å². The van der Waals surface area contributed by atoms with E-state index in [0.29, 0.717) is 13.0 Å². The number of thioether (sulfide) groups is 1. The predicted molar refractivity (Wildman–Crippen MR) is 122 cm³/mol. The minimum atomic E-state index is -0.552. The minimum absolute atomic E-state index is 0.0909. The lowest BCUT2D eigenvalue weighted by Crippen LogP contribution is -2.49. The van der Waals surface area contributed by atoms with Gasteiger partial charge in [-0.3, -0.25) is 9.59 Å².